The predicted molar refractivity (Wildman–Crippen MR) is 109 cm³/mol. The number of nitrogens with zero attached hydrogens (tertiary/aromatic N) is 2. The Kier molecular flexibility index (Phi) is 5.20. The van der Waals surface area contributed by atoms with Gasteiger partial charge in [-0.3, -0.25) is 0 Å². The molecule has 1 saturated heterocycles. The van der Waals surface area contributed by atoms with Crippen LogP contribution in [0.2, 0.25) is 10.0 Å². The number of halogens is 2. The SMILES string of the molecule is O=C(O)N1CCC(/C=C/c2c(C3CC3)ccn2-c2c(Cl)cccc2Cl)CC1. The first kappa shape index (κ1) is 18.5. The summed E-state index contributed by atoms with van der Waals surface area (Å²) < 4.78 is 2.08. The van der Waals surface area contributed by atoms with Crippen LogP contribution in [0.4, 0.5) is 4.79 Å². The molecule has 1 aliphatic carbocycles. The average Bonchev–Trinajstić information content (AvgIpc) is 3.41. The number of rotatable bonds is 4. The van der Waals surface area contributed by atoms with E-state index in [0.717, 1.165) is 24.2 Å². The Hall–Kier alpha value is -1.91. The van der Waals surface area contributed by atoms with E-state index in [0.29, 0.717) is 35.0 Å². The third-order valence-corrected chi connectivity index (χ3v) is 6.10. The number of benzene rings is 1. The number of carbonyl (C=O) groups is 1. The molecule has 1 amide bonds. The zero-order valence-electron chi connectivity index (χ0n) is 14.9. The maximum Gasteiger partial charge on any atom is 0.407 e. The lowest BCUT2D eigenvalue weighted by atomic mass is 9.96. The third kappa shape index (κ3) is 3.87. The molecule has 4 nitrogen and oxygen atoms in total. The Morgan fingerprint density at radius 1 is 1.07 bits per heavy atom. The highest BCUT2D eigenvalue weighted by molar-refractivity contribution is 6.37. The highest BCUT2D eigenvalue weighted by Gasteiger charge is 2.28. The molecule has 27 heavy (non-hydrogen) atoms. The molecule has 1 aromatic carbocycles. The standard InChI is InChI=1S/C21H22Cl2N2O2/c22-17-2-1-3-18(23)20(17)25-13-10-16(15-5-6-15)19(25)7-4-14-8-11-24(12-9-14)21(26)27/h1-4,7,10,13-15H,5-6,8-9,11-12H2,(H,26,27)/b7-4+. The molecule has 2 heterocycles. The lowest BCUT2D eigenvalue weighted by molar-refractivity contribution is 0.129. The maximum atomic E-state index is 11.1. The van der Waals surface area contributed by atoms with Crippen LogP contribution in [-0.2, 0) is 0 Å². The van der Waals surface area contributed by atoms with Crippen molar-refractivity contribution in [3.05, 3.63) is 57.8 Å². The van der Waals surface area contributed by atoms with Gasteiger partial charge in [-0.05, 0) is 67.4 Å². The summed E-state index contributed by atoms with van der Waals surface area (Å²) in [4.78, 5) is 12.6. The second kappa shape index (κ2) is 7.61. The van der Waals surface area contributed by atoms with Gasteiger partial charge in [-0.2, -0.15) is 0 Å². The van der Waals surface area contributed by atoms with E-state index >= 15 is 0 Å². The summed E-state index contributed by atoms with van der Waals surface area (Å²) in [5, 5.41) is 10.4. The molecule has 0 unspecified atom stereocenters. The molecule has 142 valence electrons. The zero-order valence-corrected chi connectivity index (χ0v) is 16.5. The van der Waals surface area contributed by atoms with Gasteiger partial charge in [-0.1, -0.05) is 35.3 Å². The van der Waals surface area contributed by atoms with Crippen molar-refractivity contribution >= 4 is 35.4 Å². The van der Waals surface area contributed by atoms with Gasteiger partial charge in [0.1, 0.15) is 0 Å². The summed E-state index contributed by atoms with van der Waals surface area (Å²) in [7, 11) is 0. The van der Waals surface area contributed by atoms with Gasteiger partial charge in [0.15, 0.2) is 0 Å². The highest BCUT2D eigenvalue weighted by Crippen LogP contribution is 2.44. The van der Waals surface area contributed by atoms with Gasteiger partial charge in [0, 0.05) is 25.0 Å². The Labute approximate surface area is 169 Å². The second-order valence-corrected chi connectivity index (χ2v) is 8.15. The van der Waals surface area contributed by atoms with Gasteiger partial charge in [0.25, 0.3) is 0 Å². The molecule has 1 aromatic heterocycles. The summed E-state index contributed by atoms with van der Waals surface area (Å²) in [6.45, 7) is 1.19. The molecule has 0 spiro atoms. The minimum absolute atomic E-state index is 0.387. The first-order valence-electron chi connectivity index (χ1n) is 9.36. The fourth-order valence-electron chi connectivity index (χ4n) is 3.80. The van der Waals surface area contributed by atoms with E-state index < -0.39 is 6.09 Å². The van der Waals surface area contributed by atoms with E-state index in [1.165, 1.54) is 23.3 Å². The predicted octanol–water partition coefficient (Wildman–Crippen LogP) is 6.06. The number of hydrogen-bond donors (Lipinski definition) is 1. The van der Waals surface area contributed by atoms with Crippen molar-refractivity contribution in [3.63, 3.8) is 0 Å². The van der Waals surface area contributed by atoms with Crippen molar-refractivity contribution in [2.75, 3.05) is 13.1 Å². The molecule has 1 N–H and O–H groups in total. The largest absolute Gasteiger partial charge is 0.465 e. The van der Waals surface area contributed by atoms with E-state index in [2.05, 4.69) is 22.8 Å². The van der Waals surface area contributed by atoms with Crippen molar-refractivity contribution < 1.29 is 9.90 Å². The Morgan fingerprint density at radius 3 is 2.33 bits per heavy atom. The van der Waals surface area contributed by atoms with Crippen LogP contribution in [0.1, 0.15) is 42.9 Å². The fourth-order valence-corrected chi connectivity index (χ4v) is 4.38. The highest BCUT2D eigenvalue weighted by atomic mass is 35.5. The van der Waals surface area contributed by atoms with Crippen LogP contribution < -0.4 is 0 Å². The second-order valence-electron chi connectivity index (χ2n) is 7.34. The number of amides is 1. The van der Waals surface area contributed by atoms with Crippen molar-refractivity contribution in [1.29, 1.82) is 0 Å². The smallest absolute Gasteiger partial charge is 0.407 e. The lowest BCUT2D eigenvalue weighted by Crippen LogP contribution is -2.36. The minimum Gasteiger partial charge on any atom is -0.465 e. The molecule has 0 atom stereocenters. The van der Waals surface area contributed by atoms with Gasteiger partial charge in [0.2, 0.25) is 0 Å². The van der Waals surface area contributed by atoms with Gasteiger partial charge < -0.3 is 14.6 Å². The average molecular weight is 405 g/mol. The topological polar surface area (TPSA) is 45.5 Å². The number of piperidine rings is 1. The summed E-state index contributed by atoms with van der Waals surface area (Å²) in [5.41, 5.74) is 3.28. The van der Waals surface area contributed by atoms with Crippen LogP contribution in [0.5, 0.6) is 0 Å². The Balaban J connectivity index is 1.62. The van der Waals surface area contributed by atoms with Crippen LogP contribution in [-0.4, -0.2) is 33.8 Å². The van der Waals surface area contributed by atoms with Gasteiger partial charge >= 0.3 is 6.09 Å². The monoisotopic (exact) mass is 404 g/mol. The number of aromatic nitrogens is 1. The van der Waals surface area contributed by atoms with Gasteiger partial charge in [-0.15, -0.1) is 0 Å². The summed E-state index contributed by atoms with van der Waals surface area (Å²) >= 11 is 12.9. The number of para-hydroxylation sites is 1. The first-order chi connectivity index (χ1) is 13.0. The van der Waals surface area contributed by atoms with Crippen LogP contribution in [0.25, 0.3) is 11.8 Å². The Morgan fingerprint density at radius 2 is 1.74 bits per heavy atom. The van der Waals surface area contributed by atoms with Crippen molar-refractivity contribution in [2.45, 2.75) is 31.6 Å². The molecule has 1 aliphatic heterocycles. The molecule has 4 rings (SSSR count). The van der Waals surface area contributed by atoms with E-state index in [-0.39, 0.29) is 0 Å². The fraction of sp³-hybridized carbons (Fsp3) is 0.381. The van der Waals surface area contributed by atoms with Gasteiger partial charge in [-0.25, -0.2) is 4.79 Å². The van der Waals surface area contributed by atoms with Crippen molar-refractivity contribution in [3.8, 4) is 5.69 Å². The van der Waals surface area contributed by atoms with Crippen molar-refractivity contribution in [2.24, 2.45) is 5.92 Å². The zero-order chi connectivity index (χ0) is 19.0. The van der Waals surface area contributed by atoms with E-state index in [1.54, 1.807) is 0 Å². The molecule has 1 saturated carbocycles. The summed E-state index contributed by atoms with van der Waals surface area (Å²) in [6.07, 6.45) is 9.78. The lowest BCUT2D eigenvalue weighted by Gasteiger charge is -2.28. The molecule has 0 radical (unpaired) electrons. The van der Waals surface area contributed by atoms with Gasteiger partial charge in [0.05, 0.1) is 15.7 Å². The normalized spacial score (nSPS) is 18.4. The summed E-state index contributed by atoms with van der Waals surface area (Å²) in [5.74, 6) is 0.999. The van der Waals surface area contributed by atoms with E-state index in [9.17, 15) is 4.79 Å². The Bertz CT molecular complexity index is 858. The van der Waals surface area contributed by atoms with Crippen LogP contribution in [0, 0.1) is 5.92 Å². The number of carboxylic acid groups (broad SMARTS) is 1. The maximum absolute atomic E-state index is 11.1. The van der Waals surface area contributed by atoms with Crippen LogP contribution >= 0.6 is 23.2 Å². The molecule has 2 aromatic rings. The molecule has 6 heteroatoms. The molecule has 2 fully saturated rings. The number of allylic oxidation sites excluding steroid dienone is 1. The first-order valence-corrected chi connectivity index (χ1v) is 10.1. The van der Waals surface area contributed by atoms with E-state index in [1.807, 2.05) is 24.4 Å². The molecule has 2 aliphatic rings. The summed E-state index contributed by atoms with van der Waals surface area (Å²) in [6, 6.07) is 7.73. The number of likely N-dealkylation sites (tertiary alicyclic amines) is 1. The molecular formula is C21H22Cl2N2O2. The minimum atomic E-state index is -0.823. The number of hydrogen-bond acceptors (Lipinski definition) is 1. The quantitative estimate of drug-likeness (QED) is 0.672. The van der Waals surface area contributed by atoms with Crippen molar-refractivity contribution in [1.82, 2.24) is 9.47 Å². The third-order valence-electron chi connectivity index (χ3n) is 5.49. The van der Waals surface area contributed by atoms with E-state index in [4.69, 9.17) is 28.3 Å². The molecular weight excluding hydrogens is 383 g/mol. The van der Waals surface area contributed by atoms with Crippen LogP contribution in [0.3, 0.4) is 0 Å². The molecule has 0 bridgehead atoms. The van der Waals surface area contributed by atoms with Crippen LogP contribution in [0.15, 0.2) is 36.5 Å².